The van der Waals surface area contributed by atoms with Gasteiger partial charge in [0.2, 0.25) is 5.91 Å². The molecular formula is C17H26ClNO. The second-order valence-corrected chi connectivity index (χ2v) is 7.49. The fourth-order valence-electron chi connectivity index (χ4n) is 1.96. The molecule has 0 bridgehead atoms. The van der Waals surface area contributed by atoms with Crippen molar-refractivity contribution >= 4 is 17.5 Å². The van der Waals surface area contributed by atoms with Crippen LogP contribution in [0.5, 0.6) is 0 Å². The summed E-state index contributed by atoms with van der Waals surface area (Å²) in [5, 5.41) is 3.16. The van der Waals surface area contributed by atoms with Gasteiger partial charge in [-0.3, -0.25) is 4.79 Å². The molecule has 0 fully saturated rings. The quantitative estimate of drug-likeness (QED) is 0.794. The summed E-state index contributed by atoms with van der Waals surface area (Å²) in [6.07, 6.45) is 0.890. The first-order chi connectivity index (χ1) is 9.15. The summed E-state index contributed by atoms with van der Waals surface area (Å²) < 4.78 is 0. The van der Waals surface area contributed by atoms with Crippen LogP contribution in [0, 0.1) is 10.8 Å². The van der Waals surface area contributed by atoms with Gasteiger partial charge in [-0.05, 0) is 31.2 Å². The Labute approximate surface area is 127 Å². The van der Waals surface area contributed by atoms with Gasteiger partial charge in [-0.25, -0.2) is 0 Å². The van der Waals surface area contributed by atoms with Crippen LogP contribution in [0.25, 0.3) is 0 Å². The lowest BCUT2D eigenvalue weighted by atomic mass is 9.84. The zero-order valence-electron chi connectivity index (χ0n) is 13.2. The third kappa shape index (κ3) is 5.16. The summed E-state index contributed by atoms with van der Waals surface area (Å²) in [5.41, 5.74) is 0.729. The zero-order chi connectivity index (χ0) is 15.4. The van der Waals surface area contributed by atoms with Crippen LogP contribution >= 0.6 is 11.6 Å². The molecule has 0 aromatic heterocycles. The number of amides is 1. The molecule has 0 aliphatic carbocycles. The molecule has 1 rings (SSSR count). The Hall–Kier alpha value is -1.02. The molecule has 1 atom stereocenters. The molecule has 0 saturated carbocycles. The molecular weight excluding hydrogens is 270 g/mol. The maximum atomic E-state index is 12.4. The van der Waals surface area contributed by atoms with E-state index in [2.05, 4.69) is 38.2 Å². The van der Waals surface area contributed by atoms with Crippen molar-refractivity contribution in [1.29, 1.82) is 0 Å². The summed E-state index contributed by atoms with van der Waals surface area (Å²) in [6, 6.07) is 10.1. The second kappa shape index (κ2) is 6.62. The number of hydrogen-bond donors (Lipinski definition) is 1. The summed E-state index contributed by atoms with van der Waals surface area (Å²) in [4.78, 5) is 12.4. The normalized spacial score (nSPS) is 13.9. The Morgan fingerprint density at radius 2 is 1.70 bits per heavy atom. The highest BCUT2D eigenvalue weighted by Gasteiger charge is 2.30. The average Bonchev–Trinajstić information content (AvgIpc) is 2.37. The summed E-state index contributed by atoms with van der Waals surface area (Å²) >= 11 is 5.89. The molecule has 0 radical (unpaired) electrons. The zero-order valence-corrected chi connectivity index (χ0v) is 13.9. The third-order valence-electron chi connectivity index (χ3n) is 3.27. The highest BCUT2D eigenvalue weighted by Crippen LogP contribution is 2.30. The topological polar surface area (TPSA) is 29.1 Å². The molecule has 0 heterocycles. The third-order valence-corrected chi connectivity index (χ3v) is 3.94. The lowest BCUT2D eigenvalue weighted by Crippen LogP contribution is -2.41. The molecule has 2 nitrogen and oxygen atoms in total. The van der Waals surface area contributed by atoms with Crippen molar-refractivity contribution < 1.29 is 4.79 Å². The van der Waals surface area contributed by atoms with Crippen LogP contribution in [0.3, 0.4) is 0 Å². The van der Waals surface area contributed by atoms with Crippen molar-refractivity contribution in [3.8, 4) is 0 Å². The van der Waals surface area contributed by atoms with Crippen LogP contribution in [0.1, 0.15) is 52.6 Å². The number of hydrogen-bond acceptors (Lipinski definition) is 1. The van der Waals surface area contributed by atoms with E-state index in [4.69, 9.17) is 11.6 Å². The Morgan fingerprint density at radius 1 is 1.15 bits per heavy atom. The SMILES string of the molecule is CC(C)(C)CC(NC(=O)C(C)(C)CCl)c1ccccc1. The van der Waals surface area contributed by atoms with E-state index in [0.29, 0.717) is 5.88 Å². The van der Waals surface area contributed by atoms with E-state index in [1.54, 1.807) is 0 Å². The first-order valence-electron chi connectivity index (χ1n) is 7.07. The lowest BCUT2D eigenvalue weighted by Gasteiger charge is -2.30. The van der Waals surface area contributed by atoms with Gasteiger partial charge in [-0.1, -0.05) is 51.1 Å². The number of halogens is 1. The van der Waals surface area contributed by atoms with Crippen molar-refractivity contribution in [2.45, 2.75) is 47.1 Å². The fourth-order valence-corrected chi connectivity index (χ4v) is 2.09. The van der Waals surface area contributed by atoms with E-state index in [1.807, 2.05) is 32.0 Å². The maximum absolute atomic E-state index is 12.4. The Balaban J connectivity index is 2.93. The average molecular weight is 296 g/mol. The van der Waals surface area contributed by atoms with E-state index in [9.17, 15) is 4.79 Å². The minimum absolute atomic E-state index is 0.00519. The standard InChI is InChI=1S/C17H26ClNO/c1-16(2,3)11-14(13-9-7-6-8-10-13)19-15(20)17(4,5)12-18/h6-10,14H,11-12H2,1-5H3,(H,19,20). The van der Waals surface area contributed by atoms with Gasteiger partial charge < -0.3 is 5.32 Å². The molecule has 0 saturated heterocycles. The molecule has 0 spiro atoms. The van der Waals surface area contributed by atoms with Gasteiger partial charge >= 0.3 is 0 Å². The number of rotatable bonds is 5. The van der Waals surface area contributed by atoms with Crippen LogP contribution in [-0.4, -0.2) is 11.8 Å². The number of carbonyl (C=O) groups is 1. The Kier molecular flexibility index (Phi) is 5.64. The van der Waals surface area contributed by atoms with Gasteiger partial charge in [0, 0.05) is 5.88 Å². The van der Waals surface area contributed by atoms with Crippen molar-refractivity contribution in [1.82, 2.24) is 5.32 Å². The molecule has 20 heavy (non-hydrogen) atoms. The van der Waals surface area contributed by atoms with Gasteiger partial charge in [0.25, 0.3) is 0 Å². The highest BCUT2D eigenvalue weighted by molar-refractivity contribution is 6.19. The van der Waals surface area contributed by atoms with Crippen LogP contribution in [0.4, 0.5) is 0 Å². The van der Waals surface area contributed by atoms with Crippen molar-refractivity contribution in [3.05, 3.63) is 35.9 Å². The van der Waals surface area contributed by atoms with Crippen LogP contribution < -0.4 is 5.32 Å². The molecule has 0 aliphatic rings. The first kappa shape index (κ1) is 17.0. The van der Waals surface area contributed by atoms with E-state index in [-0.39, 0.29) is 17.4 Å². The Bertz CT molecular complexity index is 434. The predicted octanol–water partition coefficient (Wildman–Crippen LogP) is 4.55. The molecule has 0 aliphatic heterocycles. The molecule has 1 unspecified atom stereocenters. The molecule has 112 valence electrons. The van der Waals surface area contributed by atoms with Crippen LogP contribution in [0.2, 0.25) is 0 Å². The monoisotopic (exact) mass is 295 g/mol. The fraction of sp³-hybridized carbons (Fsp3) is 0.588. The predicted molar refractivity (Wildman–Crippen MR) is 85.9 cm³/mol. The first-order valence-corrected chi connectivity index (χ1v) is 7.61. The minimum atomic E-state index is -0.549. The molecule has 1 N–H and O–H groups in total. The summed E-state index contributed by atoms with van der Waals surface area (Å²) in [5.74, 6) is 0.321. The summed E-state index contributed by atoms with van der Waals surface area (Å²) in [6.45, 7) is 10.3. The molecule has 1 aromatic rings. The second-order valence-electron chi connectivity index (χ2n) is 7.22. The molecule has 3 heteroatoms. The van der Waals surface area contributed by atoms with Crippen molar-refractivity contribution in [2.75, 3.05) is 5.88 Å². The number of carbonyl (C=O) groups excluding carboxylic acids is 1. The van der Waals surface area contributed by atoms with Gasteiger partial charge in [-0.2, -0.15) is 0 Å². The van der Waals surface area contributed by atoms with E-state index >= 15 is 0 Å². The van der Waals surface area contributed by atoms with Crippen LogP contribution in [0.15, 0.2) is 30.3 Å². The number of alkyl halides is 1. The molecule has 1 aromatic carbocycles. The van der Waals surface area contributed by atoms with E-state index in [1.165, 1.54) is 0 Å². The van der Waals surface area contributed by atoms with Crippen LogP contribution in [-0.2, 0) is 4.79 Å². The van der Waals surface area contributed by atoms with Gasteiger partial charge in [-0.15, -0.1) is 11.6 Å². The van der Waals surface area contributed by atoms with Gasteiger partial charge in [0.1, 0.15) is 0 Å². The smallest absolute Gasteiger partial charge is 0.227 e. The molecule has 1 amide bonds. The minimum Gasteiger partial charge on any atom is -0.349 e. The highest BCUT2D eigenvalue weighted by atomic mass is 35.5. The number of benzene rings is 1. The lowest BCUT2D eigenvalue weighted by molar-refractivity contribution is -0.129. The van der Waals surface area contributed by atoms with Crippen molar-refractivity contribution in [2.24, 2.45) is 10.8 Å². The Morgan fingerprint density at radius 3 is 2.15 bits per heavy atom. The van der Waals surface area contributed by atoms with Gasteiger partial charge in [0.05, 0.1) is 11.5 Å². The summed E-state index contributed by atoms with van der Waals surface area (Å²) in [7, 11) is 0. The van der Waals surface area contributed by atoms with Gasteiger partial charge in [0.15, 0.2) is 0 Å². The largest absolute Gasteiger partial charge is 0.349 e. The number of nitrogens with one attached hydrogen (secondary N) is 1. The van der Waals surface area contributed by atoms with E-state index < -0.39 is 5.41 Å². The maximum Gasteiger partial charge on any atom is 0.227 e. The van der Waals surface area contributed by atoms with Crippen molar-refractivity contribution in [3.63, 3.8) is 0 Å². The van der Waals surface area contributed by atoms with E-state index in [0.717, 1.165) is 12.0 Å².